The highest BCUT2D eigenvalue weighted by Gasteiger charge is 2.24. The fourth-order valence-electron chi connectivity index (χ4n) is 2.86. The zero-order valence-electron chi connectivity index (χ0n) is 14.7. The van der Waals surface area contributed by atoms with Crippen LogP contribution in [0.4, 0.5) is 5.82 Å². The van der Waals surface area contributed by atoms with Crippen LogP contribution in [0.1, 0.15) is 22.0 Å². The van der Waals surface area contributed by atoms with Gasteiger partial charge < -0.3 is 19.7 Å². The van der Waals surface area contributed by atoms with Crippen molar-refractivity contribution < 1.29 is 14.3 Å². The Morgan fingerprint density at radius 3 is 2.96 bits per heavy atom. The van der Waals surface area contributed by atoms with Crippen LogP contribution in [0.2, 0.25) is 5.02 Å². The number of aromatic nitrogens is 1. The number of carbonyl (C=O) groups excluding carboxylic acids is 1. The summed E-state index contributed by atoms with van der Waals surface area (Å²) in [7, 11) is 1.60. The van der Waals surface area contributed by atoms with Crippen LogP contribution in [0.15, 0.2) is 42.6 Å². The summed E-state index contributed by atoms with van der Waals surface area (Å²) < 4.78 is 10.8. The molecular weight excluding hydrogens is 354 g/mol. The first-order valence-corrected chi connectivity index (χ1v) is 8.91. The number of amides is 1. The first kappa shape index (κ1) is 18.6. The number of benzene rings is 1. The van der Waals surface area contributed by atoms with Crippen molar-refractivity contribution in [1.29, 1.82) is 0 Å². The Hall–Kier alpha value is -2.15. The Morgan fingerprint density at radius 1 is 1.38 bits per heavy atom. The highest BCUT2D eigenvalue weighted by atomic mass is 35.5. The number of carbonyl (C=O) groups is 1. The number of anilines is 1. The van der Waals surface area contributed by atoms with Crippen LogP contribution >= 0.6 is 11.6 Å². The van der Waals surface area contributed by atoms with E-state index in [2.05, 4.69) is 15.2 Å². The topological polar surface area (TPSA) is 63.7 Å². The van der Waals surface area contributed by atoms with E-state index in [1.54, 1.807) is 19.4 Å². The Kier molecular flexibility index (Phi) is 6.44. The van der Waals surface area contributed by atoms with E-state index in [0.717, 1.165) is 17.9 Å². The van der Waals surface area contributed by atoms with Gasteiger partial charge in [-0.15, -0.1) is 0 Å². The third kappa shape index (κ3) is 4.52. The van der Waals surface area contributed by atoms with Gasteiger partial charge in [-0.2, -0.15) is 0 Å². The normalized spacial score (nSPS) is 17.2. The number of hydrogen-bond donors (Lipinski definition) is 1. The van der Waals surface area contributed by atoms with Crippen molar-refractivity contribution in [2.45, 2.75) is 6.10 Å². The third-order valence-corrected chi connectivity index (χ3v) is 4.59. The zero-order valence-corrected chi connectivity index (χ0v) is 15.4. The van der Waals surface area contributed by atoms with Crippen LogP contribution in [0.5, 0.6) is 0 Å². The van der Waals surface area contributed by atoms with Crippen molar-refractivity contribution in [2.75, 3.05) is 44.9 Å². The van der Waals surface area contributed by atoms with Gasteiger partial charge in [0.1, 0.15) is 11.9 Å². The second-order valence-electron chi connectivity index (χ2n) is 5.98. The van der Waals surface area contributed by atoms with E-state index < -0.39 is 0 Å². The van der Waals surface area contributed by atoms with Gasteiger partial charge in [-0.05, 0) is 18.2 Å². The summed E-state index contributed by atoms with van der Waals surface area (Å²) in [6.07, 6.45) is 1.49. The quantitative estimate of drug-likeness (QED) is 0.786. The standard InChI is InChI=1S/C19H22ClN3O3/c1-25-10-8-21-19(24)14-6-7-18(22-12-14)23-9-11-26-17(13-23)15-4-2-3-5-16(15)20/h2-7,12,17H,8-11,13H2,1H3,(H,21,24). The average molecular weight is 376 g/mol. The molecule has 1 atom stereocenters. The zero-order chi connectivity index (χ0) is 18.4. The first-order valence-electron chi connectivity index (χ1n) is 8.53. The number of methoxy groups -OCH3 is 1. The fourth-order valence-corrected chi connectivity index (χ4v) is 3.12. The molecule has 1 aliphatic heterocycles. The van der Waals surface area contributed by atoms with Crippen LogP contribution in [-0.2, 0) is 9.47 Å². The van der Waals surface area contributed by atoms with Crippen LogP contribution in [0.25, 0.3) is 0 Å². The van der Waals surface area contributed by atoms with Crippen molar-refractivity contribution >= 4 is 23.3 Å². The number of ether oxygens (including phenoxy) is 2. The fraction of sp³-hybridized carbons (Fsp3) is 0.368. The number of pyridine rings is 1. The van der Waals surface area contributed by atoms with Gasteiger partial charge >= 0.3 is 0 Å². The largest absolute Gasteiger partial charge is 0.383 e. The van der Waals surface area contributed by atoms with Gasteiger partial charge in [-0.3, -0.25) is 4.79 Å². The molecule has 138 valence electrons. The highest BCUT2D eigenvalue weighted by molar-refractivity contribution is 6.31. The third-order valence-electron chi connectivity index (χ3n) is 4.24. The van der Waals surface area contributed by atoms with Gasteiger partial charge in [-0.25, -0.2) is 4.98 Å². The molecule has 0 radical (unpaired) electrons. The van der Waals surface area contributed by atoms with E-state index in [0.29, 0.717) is 36.9 Å². The van der Waals surface area contributed by atoms with Crippen molar-refractivity contribution in [3.05, 3.63) is 58.7 Å². The van der Waals surface area contributed by atoms with E-state index in [9.17, 15) is 4.79 Å². The maximum atomic E-state index is 12.0. The minimum atomic E-state index is -0.156. The monoisotopic (exact) mass is 375 g/mol. The van der Waals surface area contributed by atoms with Gasteiger partial charge in [0, 0.05) is 43.5 Å². The number of rotatable bonds is 6. The molecule has 1 aromatic heterocycles. The second kappa shape index (κ2) is 8.98. The number of halogens is 1. The van der Waals surface area contributed by atoms with Crippen molar-refractivity contribution in [3.63, 3.8) is 0 Å². The molecule has 6 nitrogen and oxygen atoms in total. The summed E-state index contributed by atoms with van der Waals surface area (Å²) in [5.74, 6) is 0.663. The molecule has 3 rings (SSSR count). The molecule has 26 heavy (non-hydrogen) atoms. The van der Waals surface area contributed by atoms with Crippen molar-refractivity contribution in [2.24, 2.45) is 0 Å². The van der Waals surface area contributed by atoms with Crippen LogP contribution in [0, 0.1) is 0 Å². The summed E-state index contributed by atoms with van der Waals surface area (Å²) in [4.78, 5) is 18.6. The number of morpholine rings is 1. The molecule has 2 aromatic rings. The minimum absolute atomic E-state index is 0.101. The molecule has 1 saturated heterocycles. The van der Waals surface area contributed by atoms with Crippen LogP contribution in [0.3, 0.4) is 0 Å². The number of nitrogens with one attached hydrogen (secondary N) is 1. The lowest BCUT2D eigenvalue weighted by molar-refractivity contribution is 0.0396. The Labute approximate surface area is 158 Å². The molecular formula is C19H22ClN3O3. The molecule has 7 heteroatoms. The van der Waals surface area contributed by atoms with E-state index in [4.69, 9.17) is 21.1 Å². The molecule has 2 heterocycles. The molecule has 1 aromatic carbocycles. The van der Waals surface area contributed by atoms with Crippen molar-refractivity contribution in [1.82, 2.24) is 10.3 Å². The molecule has 0 spiro atoms. The van der Waals surface area contributed by atoms with E-state index in [1.807, 2.05) is 30.3 Å². The Bertz CT molecular complexity index is 739. The molecule has 1 amide bonds. The van der Waals surface area contributed by atoms with E-state index in [-0.39, 0.29) is 12.0 Å². The van der Waals surface area contributed by atoms with Crippen LogP contribution < -0.4 is 10.2 Å². The van der Waals surface area contributed by atoms with E-state index in [1.165, 1.54) is 0 Å². The predicted octanol–water partition coefficient (Wildman–Crippen LogP) is 2.69. The number of nitrogens with zero attached hydrogens (tertiary/aromatic N) is 2. The predicted molar refractivity (Wildman–Crippen MR) is 101 cm³/mol. The minimum Gasteiger partial charge on any atom is -0.383 e. The first-order chi connectivity index (χ1) is 12.7. The maximum Gasteiger partial charge on any atom is 0.252 e. The summed E-state index contributed by atoms with van der Waals surface area (Å²) in [5, 5.41) is 3.49. The van der Waals surface area contributed by atoms with E-state index >= 15 is 0 Å². The smallest absolute Gasteiger partial charge is 0.252 e. The second-order valence-corrected chi connectivity index (χ2v) is 6.39. The van der Waals surface area contributed by atoms with Gasteiger partial charge in [-0.1, -0.05) is 29.8 Å². The Morgan fingerprint density at radius 2 is 2.23 bits per heavy atom. The lowest BCUT2D eigenvalue weighted by Crippen LogP contribution is -2.39. The molecule has 0 saturated carbocycles. The van der Waals surface area contributed by atoms with Gasteiger partial charge in [0.2, 0.25) is 0 Å². The summed E-state index contributed by atoms with van der Waals surface area (Å²) >= 11 is 6.29. The van der Waals surface area contributed by atoms with Gasteiger partial charge in [0.05, 0.1) is 18.8 Å². The molecule has 0 aliphatic carbocycles. The average Bonchev–Trinajstić information content (AvgIpc) is 2.69. The molecule has 1 fully saturated rings. The summed E-state index contributed by atoms with van der Waals surface area (Å²) in [5.41, 5.74) is 1.51. The lowest BCUT2D eigenvalue weighted by Gasteiger charge is -2.34. The molecule has 1 unspecified atom stereocenters. The van der Waals surface area contributed by atoms with Gasteiger partial charge in [0.25, 0.3) is 5.91 Å². The molecule has 0 bridgehead atoms. The molecule has 1 aliphatic rings. The summed E-state index contributed by atoms with van der Waals surface area (Å²) in [6, 6.07) is 11.4. The highest BCUT2D eigenvalue weighted by Crippen LogP contribution is 2.29. The maximum absolute atomic E-state index is 12.0. The van der Waals surface area contributed by atoms with Crippen LogP contribution in [-0.4, -0.2) is 50.8 Å². The lowest BCUT2D eigenvalue weighted by atomic mass is 10.1. The van der Waals surface area contributed by atoms with Crippen molar-refractivity contribution in [3.8, 4) is 0 Å². The Balaban J connectivity index is 1.65. The molecule has 1 N–H and O–H groups in total. The van der Waals surface area contributed by atoms with Gasteiger partial charge in [0.15, 0.2) is 0 Å². The summed E-state index contributed by atoms with van der Waals surface area (Å²) in [6.45, 7) is 2.95. The number of hydrogen-bond acceptors (Lipinski definition) is 5. The SMILES string of the molecule is COCCNC(=O)c1ccc(N2CCOC(c3ccccc3Cl)C2)nc1.